The number of carboxylic acids is 1. The molecule has 5 nitrogen and oxygen atoms in total. The van der Waals surface area contributed by atoms with Crippen molar-refractivity contribution < 1.29 is 14.6 Å². The van der Waals surface area contributed by atoms with Crippen LogP contribution in [0, 0.1) is 0 Å². The molecular formula is C13H10Cl2N2O3. The quantitative estimate of drug-likeness (QED) is 0.839. The topological polar surface area (TPSA) is 71.5 Å². The molecule has 20 heavy (non-hydrogen) atoms. The zero-order chi connectivity index (χ0) is 14.7. The van der Waals surface area contributed by atoms with Gasteiger partial charge in [-0.15, -0.1) is 0 Å². The minimum Gasteiger partial charge on any atom is -0.495 e. The number of pyridine rings is 1. The van der Waals surface area contributed by atoms with Gasteiger partial charge in [0, 0.05) is 11.8 Å². The average Bonchev–Trinajstić information content (AvgIpc) is 2.40. The van der Waals surface area contributed by atoms with Crippen molar-refractivity contribution in [3.05, 3.63) is 46.1 Å². The maximum absolute atomic E-state index is 11.0. The summed E-state index contributed by atoms with van der Waals surface area (Å²) in [5.41, 5.74) is 0.700. The van der Waals surface area contributed by atoms with Gasteiger partial charge in [-0.05, 0) is 24.3 Å². The van der Waals surface area contributed by atoms with Crippen LogP contribution in [-0.2, 0) is 0 Å². The van der Waals surface area contributed by atoms with E-state index in [-0.39, 0.29) is 10.7 Å². The largest absolute Gasteiger partial charge is 0.495 e. The lowest BCUT2D eigenvalue weighted by Crippen LogP contribution is -2.01. The van der Waals surface area contributed by atoms with E-state index in [0.717, 1.165) is 0 Å². The number of benzene rings is 1. The van der Waals surface area contributed by atoms with Crippen LogP contribution in [0.15, 0.2) is 30.3 Å². The first-order valence-electron chi connectivity index (χ1n) is 5.51. The molecule has 0 aliphatic rings. The third kappa shape index (κ3) is 3.31. The molecule has 0 aliphatic heterocycles. The standard InChI is InChI=1S/C13H10Cl2N2O3/c1-20-10-6-8(2-3-9(10)14)16-12-5-7(13(18)19)4-11(15)17-12/h2-6H,1H3,(H,16,17)(H,18,19). The Labute approximate surface area is 125 Å². The minimum atomic E-state index is -1.08. The van der Waals surface area contributed by atoms with Crippen LogP contribution in [-0.4, -0.2) is 23.2 Å². The molecule has 0 radical (unpaired) electrons. The van der Waals surface area contributed by atoms with E-state index < -0.39 is 5.97 Å². The summed E-state index contributed by atoms with van der Waals surface area (Å²) in [4.78, 5) is 15.0. The number of hydrogen-bond acceptors (Lipinski definition) is 4. The van der Waals surface area contributed by atoms with Crippen LogP contribution in [0.3, 0.4) is 0 Å². The van der Waals surface area contributed by atoms with Crippen molar-refractivity contribution in [2.24, 2.45) is 0 Å². The Morgan fingerprint density at radius 1 is 1.30 bits per heavy atom. The van der Waals surface area contributed by atoms with Gasteiger partial charge in [-0.1, -0.05) is 23.2 Å². The lowest BCUT2D eigenvalue weighted by molar-refractivity contribution is 0.0697. The van der Waals surface area contributed by atoms with Gasteiger partial charge in [0.2, 0.25) is 0 Å². The molecular weight excluding hydrogens is 303 g/mol. The number of halogens is 2. The molecule has 1 aromatic carbocycles. The van der Waals surface area contributed by atoms with Crippen LogP contribution in [0.2, 0.25) is 10.2 Å². The van der Waals surface area contributed by atoms with Crippen molar-refractivity contribution >= 4 is 40.7 Å². The number of aromatic nitrogens is 1. The Bertz CT molecular complexity index is 662. The van der Waals surface area contributed by atoms with E-state index in [1.54, 1.807) is 18.2 Å². The normalized spacial score (nSPS) is 10.2. The number of ether oxygens (including phenoxy) is 1. The van der Waals surface area contributed by atoms with E-state index >= 15 is 0 Å². The zero-order valence-electron chi connectivity index (χ0n) is 10.4. The number of rotatable bonds is 4. The first-order valence-corrected chi connectivity index (χ1v) is 6.26. The van der Waals surface area contributed by atoms with Crippen molar-refractivity contribution in [3.8, 4) is 5.75 Å². The van der Waals surface area contributed by atoms with E-state index in [9.17, 15) is 4.79 Å². The summed E-state index contributed by atoms with van der Waals surface area (Å²) >= 11 is 11.7. The highest BCUT2D eigenvalue weighted by Crippen LogP contribution is 2.29. The average molecular weight is 313 g/mol. The van der Waals surface area contributed by atoms with Crippen LogP contribution in [0.5, 0.6) is 5.75 Å². The first-order chi connectivity index (χ1) is 9.49. The van der Waals surface area contributed by atoms with Crippen LogP contribution in [0.1, 0.15) is 10.4 Å². The van der Waals surface area contributed by atoms with Gasteiger partial charge >= 0.3 is 5.97 Å². The number of anilines is 2. The molecule has 0 amide bonds. The van der Waals surface area contributed by atoms with Crippen molar-refractivity contribution in [1.82, 2.24) is 4.98 Å². The van der Waals surface area contributed by atoms with Crippen LogP contribution in [0.25, 0.3) is 0 Å². The number of aromatic carboxylic acids is 1. The Hall–Kier alpha value is -1.98. The molecule has 0 aliphatic carbocycles. The van der Waals surface area contributed by atoms with Crippen molar-refractivity contribution in [2.45, 2.75) is 0 Å². The molecule has 0 unspecified atom stereocenters. The highest BCUT2D eigenvalue weighted by Gasteiger charge is 2.08. The number of nitrogens with one attached hydrogen (secondary N) is 1. The first kappa shape index (κ1) is 14.4. The van der Waals surface area contributed by atoms with Crippen molar-refractivity contribution in [1.29, 1.82) is 0 Å². The summed E-state index contributed by atoms with van der Waals surface area (Å²) in [6.07, 6.45) is 0. The van der Waals surface area contributed by atoms with E-state index in [0.29, 0.717) is 22.3 Å². The highest BCUT2D eigenvalue weighted by atomic mass is 35.5. The Morgan fingerprint density at radius 2 is 2.05 bits per heavy atom. The molecule has 0 saturated carbocycles. The summed E-state index contributed by atoms with van der Waals surface area (Å²) in [5, 5.41) is 12.5. The second kappa shape index (κ2) is 5.98. The Morgan fingerprint density at radius 3 is 2.70 bits per heavy atom. The molecule has 0 spiro atoms. The summed E-state index contributed by atoms with van der Waals surface area (Å²) < 4.78 is 5.10. The van der Waals surface area contributed by atoms with Crippen LogP contribution >= 0.6 is 23.2 Å². The third-order valence-electron chi connectivity index (χ3n) is 2.46. The van der Waals surface area contributed by atoms with Crippen molar-refractivity contribution in [2.75, 3.05) is 12.4 Å². The van der Waals surface area contributed by atoms with Crippen LogP contribution in [0.4, 0.5) is 11.5 Å². The van der Waals surface area contributed by atoms with Crippen molar-refractivity contribution in [3.63, 3.8) is 0 Å². The van der Waals surface area contributed by atoms with Gasteiger partial charge in [0.05, 0.1) is 17.7 Å². The van der Waals surface area contributed by atoms with Gasteiger partial charge in [0.1, 0.15) is 16.7 Å². The summed E-state index contributed by atoms with van der Waals surface area (Å²) in [5.74, 6) is -0.262. The predicted molar refractivity (Wildman–Crippen MR) is 77.5 cm³/mol. The summed E-state index contributed by atoms with van der Waals surface area (Å²) in [6, 6.07) is 7.71. The van der Waals surface area contributed by atoms with Gasteiger partial charge in [-0.2, -0.15) is 0 Å². The Balaban J connectivity index is 2.32. The lowest BCUT2D eigenvalue weighted by atomic mass is 10.2. The number of carbonyl (C=O) groups is 1. The molecule has 1 heterocycles. The molecule has 7 heteroatoms. The zero-order valence-corrected chi connectivity index (χ0v) is 11.9. The number of nitrogens with zero attached hydrogens (tertiary/aromatic N) is 1. The smallest absolute Gasteiger partial charge is 0.335 e. The molecule has 0 bridgehead atoms. The summed E-state index contributed by atoms with van der Waals surface area (Å²) in [6.45, 7) is 0. The van der Waals surface area contributed by atoms with E-state index in [1.807, 2.05) is 0 Å². The predicted octanol–water partition coefficient (Wildman–Crippen LogP) is 3.84. The molecule has 0 atom stereocenters. The molecule has 104 valence electrons. The van der Waals surface area contributed by atoms with Gasteiger partial charge in [-0.3, -0.25) is 0 Å². The monoisotopic (exact) mass is 312 g/mol. The SMILES string of the molecule is COc1cc(Nc2cc(C(=O)O)cc(Cl)n2)ccc1Cl. The summed E-state index contributed by atoms with van der Waals surface area (Å²) in [7, 11) is 1.51. The van der Waals surface area contributed by atoms with E-state index in [1.165, 1.54) is 19.2 Å². The molecule has 2 aromatic rings. The third-order valence-corrected chi connectivity index (χ3v) is 2.97. The maximum Gasteiger partial charge on any atom is 0.335 e. The fourth-order valence-corrected chi connectivity index (χ4v) is 1.97. The second-order valence-corrected chi connectivity index (χ2v) is 4.64. The number of carboxylic acid groups (broad SMARTS) is 1. The lowest BCUT2D eigenvalue weighted by Gasteiger charge is -2.09. The highest BCUT2D eigenvalue weighted by molar-refractivity contribution is 6.32. The molecule has 2 rings (SSSR count). The van der Waals surface area contributed by atoms with Gasteiger partial charge < -0.3 is 15.2 Å². The molecule has 0 saturated heterocycles. The maximum atomic E-state index is 11.0. The minimum absolute atomic E-state index is 0.0495. The van der Waals surface area contributed by atoms with Gasteiger partial charge in [-0.25, -0.2) is 9.78 Å². The van der Waals surface area contributed by atoms with E-state index in [4.69, 9.17) is 33.0 Å². The fraction of sp³-hybridized carbons (Fsp3) is 0.0769. The number of methoxy groups -OCH3 is 1. The second-order valence-electron chi connectivity index (χ2n) is 3.84. The molecule has 0 fully saturated rings. The molecule has 1 aromatic heterocycles. The van der Waals surface area contributed by atoms with Crippen LogP contribution < -0.4 is 10.1 Å². The Kier molecular flexibility index (Phi) is 4.32. The molecule has 2 N–H and O–H groups in total. The van der Waals surface area contributed by atoms with Gasteiger partial charge in [0.25, 0.3) is 0 Å². The number of hydrogen-bond donors (Lipinski definition) is 2. The van der Waals surface area contributed by atoms with E-state index in [2.05, 4.69) is 10.3 Å². The van der Waals surface area contributed by atoms with Gasteiger partial charge in [0.15, 0.2) is 0 Å². The fourth-order valence-electron chi connectivity index (χ4n) is 1.57.